The first-order valence-electron chi connectivity index (χ1n) is 7.46. The Bertz CT molecular complexity index is 705. The second-order valence-electron chi connectivity index (χ2n) is 5.86. The summed E-state index contributed by atoms with van der Waals surface area (Å²) in [5, 5.41) is 10.1. The minimum Gasteiger partial charge on any atom is -0.475 e. The largest absolute Gasteiger partial charge is 0.490 e. The van der Waals surface area contributed by atoms with E-state index in [1.165, 1.54) is 0 Å². The van der Waals surface area contributed by atoms with Crippen LogP contribution in [0.1, 0.15) is 17.5 Å². The van der Waals surface area contributed by atoms with Gasteiger partial charge < -0.3 is 15.3 Å². The number of rotatable bonds is 0. The first-order valence-corrected chi connectivity index (χ1v) is 7.46. The molecule has 2 aliphatic heterocycles. The monoisotopic (exact) mass is 407 g/mol. The Labute approximate surface area is 147 Å². The molecule has 0 saturated carbocycles. The third kappa shape index (κ3) is 4.76. The minimum atomic E-state index is -5.08. The standard InChI is InChI=1S/C12H12F5N3.C2HF3O2/c13-11(14)4-8-6-18-1-2-20(8)10-9(11)3-7(5-19-10)12(15,16)17;3-2(4,5)1(6)7/h3,5,8,18H,1-2,4,6H2;(H,6,7). The Morgan fingerprint density at radius 2 is 1.85 bits per heavy atom. The zero-order valence-electron chi connectivity index (χ0n) is 13.3. The number of carbonyl (C=O) groups is 1. The van der Waals surface area contributed by atoms with Gasteiger partial charge in [-0.05, 0) is 6.07 Å². The van der Waals surface area contributed by atoms with E-state index >= 15 is 0 Å². The van der Waals surface area contributed by atoms with Crippen molar-refractivity contribution in [2.24, 2.45) is 0 Å². The number of carboxylic acid groups (broad SMARTS) is 1. The smallest absolute Gasteiger partial charge is 0.475 e. The number of fused-ring (bicyclic) bond motifs is 3. The first-order chi connectivity index (χ1) is 12.2. The Kier molecular flexibility index (Phi) is 5.55. The van der Waals surface area contributed by atoms with Gasteiger partial charge in [-0.3, -0.25) is 0 Å². The van der Waals surface area contributed by atoms with E-state index in [9.17, 15) is 35.1 Å². The molecule has 1 aromatic rings. The SMILES string of the molecule is FC(F)(F)c1cnc2c(c1)C(F)(F)CC1CNCCN21.O=C(O)C(F)(F)F. The Balaban J connectivity index is 0.000000321. The summed E-state index contributed by atoms with van der Waals surface area (Å²) >= 11 is 0. The van der Waals surface area contributed by atoms with E-state index in [1.54, 1.807) is 4.90 Å². The van der Waals surface area contributed by atoms with Crippen molar-refractivity contribution in [3.8, 4) is 0 Å². The maximum absolute atomic E-state index is 14.1. The lowest BCUT2D eigenvalue weighted by atomic mass is 9.92. The van der Waals surface area contributed by atoms with Gasteiger partial charge >= 0.3 is 18.3 Å². The average molecular weight is 407 g/mol. The molecule has 1 saturated heterocycles. The van der Waals surface area contributed by atoms with E-state index < -0.39 is 47.8 Å². The van der Waals surface area contributed by atoms with Crippen LogP contribution in [0.3, 0.4) is 0 Å². The van der Waals surface area contributed by atoms with Crippen LogP contribution in [0.2, 0.25) is 0 Å². The lowest BCUT2D eigenvalue weighted by Gasteiger charge is -2.44. The van der Waals surface area contributed by atoms with Crippen molar-refractivity contribution in [3.05, 3.63) is 23.4 Å². The molecule has 0 amide bonds. The van der Waals surface area contributed by atoms with Gasteiger partial charge in [0, 0.05) is 38.3 Å². The Morgan fingerprint density at radius 1 is 1.26 bits per heavy atom. The molecule has 2 aliphatic rings. The number of hydrogen-bond acceptors (Lipinski definition) is 4. The van der Waals surface area contributed by atoms with Crippen molar-refractivity contribution in [2.75, 3.05) is 24.5 Å². The van der Waals surface area contributed by atoms with Crippen LogP contribution in [0.25, 0.3) is 0 Å². The zero-order chi connectivity index (χ0) is 20.6. The van der Waals surface area contributed by atoms with Crippen LogP contribution in [0.15, 0.2) is 12.3 Å². The van der Waals surface area contributed by atoms with E-state index in [2.05, 4.69) is 10.3 Å². The molecule has 1 unspecified atom stereocenters. The van der Waals surface area contributed by atoms with Gasteiger partial charge in [-0.25, -0.2) is 18.6 Å². The molecule has 1 aromatic heterocycles. The lowest BCUT2D eigenvalue weighted by Crippen LogP contribution is -2.56. The van der Waals surface area contributed by atoms with E-state index in [4.69, 9.17) is 9.90 Å². The van der Waals surface area contributed by atoms with Gasteiger partial charge in [-0.2, -0.15) is 26.3 Å². The topological polar surface area (TPSA) is 65.5 Å². The molecule has 1 atom stereocenters. The summed E-state index contributed by atoms with van der Waals surface area (Å²) in [5.41, 5.74) is -1.75. The molecular weight excluding hydrogens is 394 g/mol. The first kappa shape index (κ1) is 21.1. The number of pyridine rings is 1. The van der Waals surface area contributed by atoms with Crippen molar-refractivity contribution in [1.82, 2.24) is 10.3 Å². The molecule has 2 N–H and O–H groups in total. The number of aromatic nitrogens is 1. The van der Waals surface area contributed by atoms with Gasteiger partial charge in [0.2, 0.25) is 0 Å². The number of anilines is 1. The maximum atomic E-state index is 14.1. The fourth-order valence-electron chi connectivity index (χ4n) is 2.74. The van der Waals surface area contributed by atoms with E-state index in [1.807, 2.05) is 0 Å². The normalized spacial score (nSPS) is 21.5. The molecular formula is C14H13F8N3O2. The van der Waals surface area contributed by atoms with Gasteiger partial charge in [0.15, 0.2) is 0 Å². The number of nitrogens with zero attached hydrogens (tertiary/aromatic N) is 2. The second-order valence-corrected chi connectivity index (χ2v) is 5.86. The molecule has 0 aromatic carbocycles. The molecule has 152 valence electrons. The van der Waals surface area contributed by atoms with Crippen molar-refractivity contribution < 1.29 is 45.0 Å². The number of carboxylic acids is 1. The van der Waals surface area contributed by atoms with E-state index in [0.717, 1.165) is 0 Å². The van der Waals surface area contributed by atoms with Crippen LogP contribution in [0.4, 0.5) is 40.9 Å². The highest BCUT2D eigenvalue weighted by Gasteiger charge is 2.47. The summed E-state index contributed by atoms with van der Waals surface area (Å²) < 4.78 is 97.8. The summed E-state index contributed by atoms with van der Waals surface area (Å²) in [7, 11) is 0. The highest BCUT2D eigenvalue weighted by molar-refractivity contribution is 5.73. The average Bonchev–Trinajstić information content (AvgIpc) is 2.53. The molecule has 3 rings (SSSR count). The van der Waals surface area contributed by atoms with Gasteiger partial charge in [0.1, 0.15) is 5.82 Å². The van der Waals surface area contributed by atoms with Gasteiger partial charge in [0.25, 0.3) is 5.92 Å². The number of alkyl halides is 8. The summed E-state index contributed by atoms with van der Waals surface area (Å²) in [6.45, 7) is 1.45. The molecule has 0 bridgehead atoms. The molecule has 3 heterocycles. The number of nitrogens with one attached hydrogen (secondary N) is 1. The summed E-state index contributed by atoms with van der Waals surface area (Å²) in [5.74, 6) is -6.07. The highest BCUT2D eigenvalue weighted by Crippen LogP contribution is 2.45. The highest BCUT2D eigenvalue weighted by atomic mass is 19.4. The van der Waals surface area contributed by atoms with Crippen molar-refractivity contribution in [3.63, 3.8) is 0 Å². The Hall–Kier alpha value is -2.18. The van der Waals surface area contributed by atoms with E-state index in [-0.39, 0.29) is 5.82 Å². The quantitative estimate of drug-likeness (QED) is 0.648. The third-order valence-corrected chi connectivity index (χ3v) is 3.94. The maximum Gasteiger partial charge on any atom is 0.490 e. The number of hydrogen-bond donors (Lipinski definition) is 2. The van der Waals surface area contributed by atoms with Crippen molar-refractivity contribution >= 4 is 11.8 Å². The van der Waals surface area contributed by atoms with Gasteiger partial charge in [-0.15, -0.1) is 0 Å². The molecule has 0 aliphatic carbocycles. The molecule has 13 heteroatoms. The number of piperazine rings is 1. The van der Waals surface area contributed by atoms with Crippen LogP contribution >= 0.6 is 0 Å². The fourth-order valence-corrected chi connectivity index (χ4v) is 2.74. The zero-order valence-corrected chi connectivity index (χ0v) is 13.3. The van der Waals surface area contributed by atoms with Crippen LogP contribution < -0.4 is 10.2 Å². The van der Waals surface area contributed by atoms with E-state index in [0.29, 0.717) is 31.9 Å². The second kappa shape index (κ2) is 7.09. The number of aliphatic carboxylic acids is 1. The summed E-state index contributed by atoms with van der Waals surface area (Å²) in [6, 6.07) is 0.0936. The summed E-state index contributed by atoms with van der Waals surface area (Å²) in [4.78, 5) is 14.2. The molecule has 0 spiro atoms. The molecule has 1 fully saturated rings. The third-order valence-electron chi connectivity index (χ3n) is 3.94. The van der Waals surface area contributed by atoms with Crippen molar-refractivity contribution in [2.45, 2.75) is 30.7 Å². The predicted octanol–water partition coefficient (Wildman–Crippen LogP) is 3.01. The fraction of sp³-hybridized carbons (Fsp3) is 0.571. The minimum absolute atomic E-state index is 0.0271. The molecule has 5 nitrogen and oxygen atoms in total. The van der Waals surface area contributed by atoms with Crippen molar-refractivity contribution in [1.29, 1.82) is 0 Å². The van der Waals surface area contributed by atoms with Gasteiger partial charge in [-0.1, -0.05) is 0 Å². The predicted molar refractivity (Wildman–Crippen MR) is 75.4 cm³/mol. The number of halogens is 8. The molecule has 27 heavy (non-hydrogen) atoms. The summed E-state index contributed by atoms with van der Waals surface area (Å²) in [6.07, 6.45) is -9.62. The van der Waals surface area contributed by atoms with Crippen LogP contribution in [0.5, 0.6) is 0 Å². The van der Waals surface area contributed by atoms with Gasteiger partial charge in [0.05, 0.1) is 11.1 Å². The van der Waals surface area contributed by atoms with Crippen LogP contribution in [-0.4, -0.2) is 47.9 Å². The van der Waals surface area contributed by atoms with Crippen LogP contribution in [-0.2, 0) is 16.9 Å². The van der Waals surface area contributed by atoms with Crippen LogP contribution in [0, 0.1) is 0 Å². The Morgan fingerprint density at radius 3 is 2.37 bits per heavy atom. The lowest BCUT2D eigenvalue weighted by molar-refractivity contribution is -0.192. The molecule has 0 radical (unpaired) electrons.